The SMILES string of the molecule is CC(C)(C)COC(=O)CCCNC(=O)C1CC1. The van der Waals surface area contributed by atoms with E-state index < -0.39 is 0 Å². The summed E-state index contributed by atoms with van der Waals surface area (Å²) in [6.07, 6.45) is 3.06. The normalized spacial score (nSPS) is 15.5. The minimum absolute atomic E-state index is 0.00977. The molecule has 0 aliphatic heterocycles. The summed E-state index contributed by atoms with van der Waals surface area (Å²) in [4.78, 5) is 22.6. The van der Waals surface area contributed by atoms with Gasteiger partial charge in [-0.1, -0.05) is 20.8 Å². The zero-order chi connectivity index (χ0) is 12.9. The number of amides is 1. The second kappa shape index (κ2) is 6.03. The lowest BCUT2D eigenvalue weighted by Crippen LogP contribution is -2.26. The first-order valence-corrected chi connectivity index (χ1v) is 6.32. The van der Waals surface area contributed by atoms with Crippen molar-refractivity contribution in [3.05, 3.63) is 0 Å². The predicted molar refractivity (Wildman–Crippen MR) is 65.4 cm³/mol. The Morgan fingerprint density at radius 3 is 2.47 bits per heavy atom. The molecule has 1 saturated carbocycles. The number of hydrogen-bond acceptors (Lipinski definition) is 3. The maximum atomic E-state index is 11.3. The molecule has 1 aliphatic carbocycles. The van der Waals surface area contributed by atoms with Gasteiger partial charge < -0.3 is 10.1 Å². The minimum atomic E-state index is -0.180. The molecular weight excluding hydrogens is 218 g/mol. The Hall–Kier alpha value is -1.06. The first kappa shape index (κ1) is 14.0. The molecule has 0 radical (unpaired) electrons. The molecule has 1 amide bonds. The van der Waals surface area contributed by atoms with Gasteiger partial charge in [-0.3, -0.25) is 9.59 Å². The number of carbonyl (C=O) groups excluding carboxylic acids is 2. The Labute approximate surface area is 103 Å². The Bertz CT molecular complexity index is 277. The Morgan fingerprint density at radius 2 is 1.94 bits per heavy atom. The summed E-state index contributed by atoms with van der Waals surface area (Å²) in [5.41, 5.74) is 0.00977. The molecular formula is C13H23NO3. The number of ether oxygens (including phenoxy) is 1. The van der Waals surface area contributed by atoms with E-state index in [4.69, 9.17) is 4.74 Å². The Kier molecular flexibility index (Phi) is 4.97. The molecule has 1 N–H and O–H groups in total. The molecule has 4 heteroatoms. The van der Waals surface area contributed by atoms with Gasteiger partial charge >= 0.3 is 5.97 Å². The summed E-state index contributed by atoms with van der Waals surface area (Å²) in [5.74, 6) is 0.191. The average Bonchev–Trinajstić information content (AvgIpc) is 3.03. The van der Waals surface area contributed by atoms with Crippen LogP contribution in [-0.2, 0) is 14.3 Å². The van der Waals surface area contributed by atoms with Crippen molar-refractivity contribution in [1.29, 1.82) is 0 Å². The van der Waals surface area contributed by atoms with Gasteiger partial charge in [-0.15, -0.1) is 0 Å². The van der Waals surface area contributed by atoms with Gasteiger partial charge in [0, 0.05) is 18.9 Å². The molecule has 0 atom stereocenters. The molecule has 4 nitrogen and oxygen atoms in total. The smallest absolute Gasteiger partial charge is 0.305 e. The largest absolute Gasteiger partial charge is 0.465 e. The lowest BCUT2D eigenvalue weighted by atomic mass is 9.99. The lowest BCUT2D eigenvalue weighted by Gasteiger charge is -2.17. The third-order valence-corrected chi connectivity index (χ3v) is 2.47. The maximum Gasteiger partial charge on any atom is 0.305 e. The van der Waals surface area contributed by atoms with Crippen molar-refractivity contribution in [1.82, 2.24) is 5.32 Å². The van der Waals surface area contributed by atoms with Crippen LogP contribution in [0.4, 0.5) is 0 Å². The first-order chi connectivity index (χ1) is 7.88. The number of nitrogens with one attached hydrogen (secondary N) is 1. The van der Waals surface area contributed by atoms with Crippen LogP contribution in [-0.4, -0.2) is 25.0 Å². The summed E-state index contributed by atoms with van der Waals surface area (Å²) in [5, 5.41) is 2.83. The van der Waals surface area contributed by atoms with E-state index in [9.17, 15) is 9.59 Å². The molecule has 0 spiro atoms. The van der Waals surface area contributed by atoms with E-state index in [1.165, 1.54) is 0 Å². The second-order valence-corrected chi connectivity index (χ2v) is 5.89. The minimum Gasteiger partial charge on any atom is -0.465 e. The third-order valence-electron chi connectivity index (χ3n) is 2.47. The van der Waals surface area contributed by atoms with Crippen LogP contribution in [0.3, 0.4) is 0 Å². The van der Waals surface area contributed by atoms with Crippen molar-refractivity contribution in [2.24, 2.45) is 11.3 Å². The van der Waals surface area contributed by atoms with E-state index in [1.807, 2.05) is 20.8 Å². The molecule has 1 aliphatic rings. The van der Waals surface area contributed by atoms with Gasteiger partial charge in [-0.25, -0.2) is 0 Å². The number of hydrogen-bond donors (Lipinski definition) is 1. The highest BCUT2D eigenvalue weighted by Crippen LogP contribution is 2.28. The summed E-state index contributed by atoms with van der Waals surface area (Å²) in [6, 6.07) is 0. The van der Waals surface area contributed by atoms with Gasteiger partial charge in [0.05, 0.1) is 6.61 Å². The van der Waals surface area contributed by atoms with E-state index in [0.717, 1.165) is 12.8 Å². The first-order valence-electron chi connectivity index (χ1n) is 6.32. The summed E-state index contributed by atoms with van der Waals surface area (Å²) >= 11 is 0. The zero-order valence-electron chi connectivity index (χ0n) is 11.0. The van der Waals surface area contributed by atoms with Gasteiger partial charge in [0.2, 0.25) is 5.91 Å². The van der Waals surface area contributed by atoms with Gasteiger partial charge in [0.1, 0.15) is 0 Å². The van der Waals surface area contributed by atoms with Crippen LogP contribution in [0.15, 0.2) is 0 Å². The molecule has 0 heterocycles. The van der Waals surface area contributed by atoms with Gasteiger partial charge in [-0.05, 0) is 24.7 Å². The summed E-state index contributed by atoms with van der Waals surface area (Å²) < 4.78 is 5.12. The van der Waals surface area contributed by atoms with Crippen molar-refractivity contribution in [2.45, 2.75) is 46.5 Å². The molecule has 0 aromatic rings. The van der Waals surface area contributed by atoms with Crippen LogP contribution in [0.2, 0.25) is 0 Å². The van der Waals surface area contributed by atoms with Crippen LogP contribution in [0.25, 0.3) is 0 Å². The van der Waals surface area contributed by atoms with Gasteiger partial charge in [0.15, 0.2) is 0 Å². The molecule has 1 rings (SSSR count). The van der Waals surface area contributed by atoms with E-state index in [0.29, 0.717) is 26.0 Å². The third kappa shape index (κ3) is 6.97. The molecule has 17 heavy (non-hydrogen) atoms. The van der Waals surface area contributed by atoms with E-state index in [1.54, 1.807) is 0 Å². The van der Waals surface area contributed by atoms with Crippen molar-refractivity contribution < 1.29 is 14.3 Å². The Morgan fingerprint density at radius 1 is 1.29 bits per heavy atom. The molecule has 0 aromatic carbocycles. The van der Waals surface area contributed by atoms with Crippen LogP contribution in [0.5, 0.6) is 0 Å². The highest BCUT2D eigenvalue weighted by atomic mass is 16.5. The monoisotopic (exact) mass is 241 g/mol. The van der Waals surface area contributed by atoms with Crippen molar-refractivity contribution in [3.8, 4) is 0 Å². The maximum absolute atomic E-state index is 11.3. The van der Waals surface area contributed by atoms with Gasteiger partial charge in [-0.2, -0.15) is 0 Å². The van der Waals surface area contributed by atoms with Crippen LogP contribution in [0, 0.1) is 11.3 Å². The molecule has 1 fully saturated rings. The average molecular weight is 241 g/mol. The molecule has 0 bridgehead atoms. The second-order valence-electron chi connectivity index (χ2n) is 5.89. The number of carbonyl (C=O) groups is 2. The highest BCUT2D eigenvalue weighted by Gasteiger charge is 2.28. The van der Waals surface area contributed by atoms with E-state index >= 15 is 0 Å². The molecule has 0 aromatic heterocycles. The fourth-order valence-electron chi connectivity index (χ4n) is 1.30. The topological polar surface area (TPSA) is 55.4 Å². The molecule has 0 saturated heterocycles. The van der Waals surface area contributed by atoms with Crippen LogP contribution >= 0.6 is 0 Å². The van der Waals surface area contributed by atoms with E-state index in [2.05, 4.69) is 5.32 Å². The lowest BCUT2D eigenvalue weighted by molar-refractivity contribution is -0.146. The van der Waals surface area contributed by atoms with E-state index in [-0.39, 0.29) is 23.2 Å². The number of esters is 1. The van der Waals surface area contributed by atoms with Gasteiger partial charge in [0.25, 0.3) is 0 Å². The zero-order valence-corrected chi connectivity index (χ0v) is 11.0. The molecule has 0 unspecified atom stereocenters. The fourth-order valence-corrected chi connectivity index (χ4v) is 1.30. The van der Waals surface area contributed by atoms with Crippen LogP contribution < -0.4 is 5.32 Å². The molecule has 98 valence electrons. The standard InChI is InChI=1S/C13H23NO3/c1-13(2,3)9-17-11(15)5-4-8-14-12(16)10-6-7-10/h10H,4-9H2,1-3H3,(H,14,16). The summed E-state index contributed by atoms with van der Waals surface area (Å²) in [6.45, 7) is 7.09. The van der Waals surface area contributed by atoms with Crippen molar-refractivity contribution in [3.63, 3.8) is 0 Å². The van der Waals surface area contributed by atoms with Crippen molar-refractivity contribution in [2.75, 3.05) is 13.2 Å². The van der Waals surface area contributed by atoms with Crippen molar-refractivity contribution >= 4 is 11.9 Å². The number of rotatable bonds is 6. The predicted octanol–water partition coefficient (Wildman–Crippen LogP) is 1.88. The van der Waals surface area contributed by atoms with Crippen LogP contribution in [0.1, 0.15) is 46.5 Å². The highest BCUT2D eigenvalue weighted by molar-refractivity contribution is 5.80. The quantitative estimate of drug-likeness (QED) is 0.570. The fraction of sp³-hybridized carbons (Fsp3) is 0.846. The Balaban J connectivity index is 1.98. The summed E-state index contributed by atoms with van der Waals surface area (Å²) in [7, 11) is 0.